The molecule has 35 heavy (non-hydrogen) atoms. The molecule has 0 bridgehead atoms. The second-order valence-electron chi connectivity index (χ2n) is 8.56. The van der Waals surface area contributed by atoms with Crippen molar-refractivity contribution in [3.63, 3.8) is 0 Å². The minimum atomic E-state index is -3.17. The van der Waals surface area contributed by atoms with Gasteiger partial charge in [0.2, 0.25) is 0 Å². The van der Waals surface area contributed by atoms with Gasteiger partial charge in [-0.25, -0.2) is 14.4 Å². The van der Waals surface area contributed by atoms with E-state index in [9.17, 15) is 18.0 Å². The molecule has 2 N–H and O–H groups in total. The van der Waals surface area contributed by atoms with E-state index in [4.69, 9.17) is 10.5 Å². The maximum absolute atomic E-state index is 14.5. The maximum atomic E-state index is 14.5. The standard InChI is InChI=1S/C23H19F3N6O3/c1-31-19-10-6-14(28-9-15(10)30-21(27)12(19)8-29-31)22(33)32-4-2-3-16-20(32)11-5-13(24)18(35-23(25)26)7-17(11)34-16/h5-9,16,20,23H,2-4H2,1H3,(H2,27,30). The van der Waals surface area contributed by atoms with Crippen molar-refractivity contribution in [2.75, 3.05) is 12.3 Å². The van der Waals surface area contributed by atoms with E-state index in [-0.39, 0.29) is 17.4 Å². The molecule has 1 amide bonds. The smallest absolute Gasteiger partial charge is 0.387 e. The molecule has 6 rings (SSSR count). The van der Waals surface area contributed by atoms with E-state index in [1.165, 1.54) is 6.20 Å². The Kier molecular flexibility index (Phi) is 4.73. The molecule has 0 saturated carbocycles. The Labute approximate surface area is 196 Å². The number of ether oxygens (including phenoxy) is 2. The number of rotatable bonds is 3. The van der Waals surface area contributed by atoms with E-state index in [0.29, 0.717) is 47.1 Å². The van der Waals surface area contributed by atoms with Crippen molar-refractivity contribution in [2.24, 2.45) is 7.05 Å². The van der Waals surface area contributed by atoms with Crippen LogP contribution in [0.25, 0.3) is 21.8 Å². The first-order chi connectivity index (χ1) is 16.8. The molecule has 0 aliphatic carbocycles. The molecule has 2 unspecified atom stereocenters. The molecule has 9 nitrogen and oxygen atoms in total. The average Bonchev–Trinajstić information content (AvgIpc) is 3.39. The lowest BCUT2D eigenvalue weighted by molar-refractivity contribution is -0.0523. The van der Waals surface area contributed by atoms with Crippen LogP contribution >= 0.6 is 0 Å². The lowest BCUT2D eigenvalue weighted by atomic mass is 9.94. The monoisotopic (exact) mass is 484 g/mol. The first kappa shape index (κ1) is 21.4. The summed E-state index contributed by atoms with van der Waals surface area (Å²) in [7, 11) is 1.77. The van der Waals surface area contributed by atoms with Gasteiger partial charge in [-0.15, -0.1) is 0 Å². The van der Waals surface area contributed by atoms with Crippen LogP contribution in [0, 0.1) is 5.82 Å². The van der Waals surface area contributed by atoms with Gasteiger partial charge in [-0.2, -0.15) is 13.9 Å². The van der Waals surface area contributed by atoms with E-state index in [1.54, 1.807) is 28.9 Å². The summed E-state index contributed by atoms with van der Waals surface area (Å²) >= 11 is 0. The molecule has 3 aromatic heterocycles. The van der Waals surface area contributed by atoms with Gasteiger partial charge < -0.3 is 20.1 Å². The van der Waals surface area contributed by atoms with Crippen LogP contribution in [-0.4, -0.2) is 49.8 Å². The molecule has 4 aromatic rings. The molecule has 180 valence electrons. The van der Waals surface area contributed by atoms with E-state index in [1.807, 2.05) is 0 Å². The molecule has 1 aromatic carbocycles. The van der Waals surface area contributed by atoms with E-state index < -0.39 is 30.3 Å². The van der Waals surface area contributed by atoms with Crippen LogP contribution in [-0.2, 0) is 7.05 Å². The number of nitrogens with two attached hydrogens (primary N) is 1. The number of aromatic nitrogens is 4. The molecule has 2 aliphatic heterocycles. The number of pyridine rings is 2. The third-order valence-corrected chi connectivity index (χ3v) is 6.53. The van der Waals surface area contributed by atoms with Gasteiger partial charge in [0, 0.05) is 30.6 Å². The average molecular weight is 484 g/mol. The number of alkyl halides is 2. The second-order valence-corrected chi connectivity index (χ2v) is 8.56. The quantitative estimate of drug-likeness (QED) is 0.474. The summed E-state index contributed by atoms with van der Waals surface area (Å²) in [6.45, 7) is -2.76. The molecule has 1 saturated heterocycles. The zero-order chi connectivity index (χ0) is 24.4. The Morgan fingerprint density at radius 3 is 2.89 bits per heavy atom. The summed E-state index contributed by atoms with van der Waals surface area (Å²) in [5.74, 6) is -1.37. The number of fused-ring (bicyclic) bond motifs is 6. The number of aryl methyl sites for hydroxylation is 1. The summed E-state index contributed by atoms with van der Waals surface area (Å²) in [5.41, 5.74) is 7.88. The molecule has 5 heterocycles. The predicted molar refractivity (Wildman–Crippen MR) is 119 cm³/mol. The Morgan fingerprint density at radius 2 is 2.09 bits per heavy atom. The Hall–Kier alpha value is -4.09. The van der Waals surface area contributed by atoms with Crippen LogP contribution in [0.4, 0.5) is 19.0 Å². The summed E-state index contributed by atoms with van der Waals surface area (Å²) in [6, 6.07) is 3.28. The number of amides is 1. The molecular formula is C23H19F3N6O3. The Morgan fingerprint density at radius 1 is 1.26 bits per heavy atom. The lowest BCUT2D eigenvalue weighted by Gasteiger charge is -2.36. The number of benzene rings is 1. The fraction of sp³-hybridized carbons (Fsp3) is 0.304. The highest BCUT2D eigenvalue weighted by atomic mass is 19.3. The van der Waals surface area contributed by atoms with E-state index >= 15 is 0 Å². The van der Waals surface area contributed by atoms with E-state index in [0.717, 1.165) is 17.6 Å². The molecule has 2 aliphatic rings. The normalized spacial score (nSPS) is 19.2. The van der Waals surface area contributed by atoms with Gasteiger partial charge in [0.15, 0.2) is 11.6 Å². The number of likely N-dealkylation sites (tertiary alicyclic amines) is 1. The van der Waals surface area contributed by atoms with E-state index in [2.05, 4.69) is 19.8 Å². The first-order valence-corrected chi connectivity index (χ1v) is 10.9. The maximum Gasteiger partial charge on any atom is 0.387 e. The summed E-state index contributed by atoms with van der Waals surface area (Å²) in [6.07, 6.45) is 3.94. The second kappa shape index (κ2) is 7.72. The molecule has 0 spiro atoms. The van der Waals surface area contributed by atoms with Crippen molar-refractivity contribution >= 4 is 33.5 Å². The van der Waals surface area contributed by atoms with Crippen LogP contribution in [0.15, 0.2) is 30.6 Å². The third-order valence-electron chi connectivity index (χ3n) is 6.53. The number of piperidine rings is 1. The first-order valence-electron chi connectivity index (χ1n) is 10.9. The fourth-order valence-electron chi connectivity index (χ4n) is 5.04. The molecule has 1 fully saturated rings. The van der Waals surface area contributed by atoms with Crippen LogP contribution in [0.1, 0.15) is 34.9 Å². The summed E-state index contributed by atoms with van der Waals surface area (Å²) in [5, 5.41) is 5.58. The van der Waals surface area contributed by atoms with Crippen LogP contribution < -0.4 is 15.2 Å². The van der Waals surface area contributed by atoms with Crippen molar-refractivity contribution in [3.8, 4) is 11.5 Å². The largest absolute Gasteiger partial charge is 0.487 e. The Bertz CT molecular complexity index is 1510. The van der Waals surface area contributed by atoms with Crippen LogP contribution in [0.2, 0.25) is 0 Å². The number of carbonyl (C=O) groups excluding carboxylic acids is 1. The molecule has 12 heteroatoms. The number of anilines is 1. The van der Waals surface area contributed by atoms with Gasteiger partial charge in [0.25, 0.3) is 5.91 Å². The van der Waals surface area contributed by atoms with Crippen molar-refractivity contribution in [3.05, 3.63) is 47.7 Å². The van der Waals surface area contributed by atoms with Crippen molar-refractivity contribution in [2.45, 2.75) is 31.6 Å². The molecule has 2 atom stereocenters. The zero-order valence-corrected chi connectivity index (χ0v) is 18.4. The number of nitrogens with zero attached hydrogens (tertiary/aromatic N) is 5. The Balaban J connectivity index is 1.40. The highest BCUT2D eigenvalue weighted by Gasteiger charge is 2.44. The third kappa shape index (κ3) is 3.31. The van der Waals surface area contributed by atoms with Crippen molar-refractivity contribution < 1.29 is 27.4 Å². The SMILES string of the molecule is Cn1ncc2c(N)nc3cnc(C(=O)N4CCCC5Oc6cc(OC(F)F)c(F)cc6C54)cc3c21. The minimum Gasteiger partial charge on any atom is -0.487 e. The predicted octanol–water partition coefficient (Wildman–Crippen LogP) is 3.58. The van der Waals surface area contributed by atoms with Gasteiger partial charge in [-0.3, -0.25) is 9.48 Å². The van der Waals surface area contributed by atoms with Gasteiger partial charge in [-0.05, 0) is 25.0 Å². The van der Waals surface area contributed by atoms with Gasteiger partial charge in [-0.1, -0.05) is 0 Å². The van der Waals surface area contributed by atoms with Crippen LogP contribution in [0.5, 0.6) is 11.5 Å². The lowest BCUT2D eigenvalue weighted by Crippen LogP contribution is -2.44. The van der Waals surface area contributed by atoms with Crippen molar-refractivity contribution in [1.29, 1.82) is 0 Å². The molecule has 0 radical (unpaired) electrons. The summed E-state index contributed by atoms with van der Waals surface area (Å²) < 4.78 is 51.6. The number of halogens is 3. The topological polar surface area (TPSA) is 108 Å². The zero-order valence-electron chi connectivity index (χ0n) is 18.4. The van der Waals surface area contributed by atoms with Gasteiger partial charge >= 0.3 is 6.61 Å². The fourth-order valence-corrected chi connectivity index (χ4v) is 5.04. The van der Waals surface area contributed by atoms with Crippen molar-refractivity contribution in [1.82, 2.24) is 24.6 Å². The minimum absolute atomic E-state index is 0.179. The number of hydrogen-bond acceptors (Lipinski definition) is 7. The van der Waals surface area contributed by atoms with Gasteiger partial charge in [0.1, 0.15) is 23.4 Å². The number of carbonyl (C=O) groups is 1. The highest BCUT2D eigenvalue weighted by molar-refractivity contribution is 6.09. The van der Waals surface area contributed by atoms with Crippen LogP contribution in [0.3, 0.4) is 0 Å². The molecular weight excluding hydrogens is 465 g/mol. The number of nitrogen functional groups attached to an aromatic ring is 1. The number of hydrogen-bond donors (Lipinski definition) is 1. The highest BCUT2D eigenvalue weighted by Crippen LogP contribution is 2.47. The summed E-state index contributed by atoms with van der Waals surface area (Å²) in [4.78, 5) is 23.9. The van der Waals surface area contributed by atoms with Gasteiger partial charge in [0.05, 0.1) is 34.9 Å².